The molecular weight excluding hydrogens is 378 g/mol. The Balaban J connectivity index is 1.51. The maximum atomic E-state index is 13.2. The minimum atomic E-state index is -0.290. The van der Waals surface area contributed by atoms with Crippen molar-refractivity contribution in [2.45, 2.75) is 63.5 Å². The van der Waals surface area contributed by atoms with Crippen LogP contribution in [0.1, 0.15) is 51.4 Å². The molecule has 1 saturated heterocycles. The number of nitrogens with one attached hydrogen (secondary N) is 1. The number of nitrogens with zero attached hydrogens (tertiary/aromatic N) is 2. The number of carbonyl (C=O) groups excluding carboxylic acids is 3. The minimum absolute atomic E-state index is 0.0196. The topological polar surface area (TPSA) is 69.7 Å². The third-order valence-corrected chi connectivity index (χ3v) is 6.48. The fourth-order valence-corrected chi connectivity index (χ4v) is 5.13. The van der Waals surface area contributed by atoms with Gasteiger partial charge in [0.15, 0.2) is 0 Å². The van der Waals surface area contributed by atoms with E-state index < -0.39 is 0 Å². The van der Waals surface area contributed by atoms with Crippen LogP contribution in [0, 0.1) is 5.92 Å². The minimum Gasteiger partial charge on any atom is -0.324 e. The molecule has 2 saturated carbocycles. The number of urea groups is 1. The predicted molar refractivity (Wildman–Crippen MR) is 107 cm³/mol. The van der Waals surface area contributed by atoms with Gasteiger partial charge in [-0.1, -0.05) is 43.4 Å². The molecule has 2 unspecified atom stereocenters. The summed E-state index contributed by atoms with van der Waals surface area (Å²) >= 11 is 5.98. The number of imide groups is 1. The lowest BCUT2D eigenvalue weighted by molar-refractivity contribution is -0.141. The van der Waals surface area contributed by atoms with Gasteiger partial charge in [-0.2, -0.15) is 0 Å². The van der Waals surface area contributed by atoms with Gasteiger partial charge < -0.3 is 10.2 Å². The van der Waals surface area contributed by atoms with Crippen molar-refractivity contribution in [2.75, 3.05) is 11.9 Å². The van der Waals surface area contributed by atoms with Crippen LogP contribution in [0.15, 0.2) is 24.3 Å². The molecule has 0 radical (unpaired) electrons. The molecule has 3 fully saturated rings. The van der Waals surface area contributed by atoms with E-state index in [9.17, 15) is 14.4 Å². The molecule has 4 amide bonds. The molecule has 0 bridgehead atoms. The van der Waals surface area contributed by atoms with Gasteiger partial charge in [0.2, 0.25) is 11.8 Å². The summed E-state index contributed by atoms with van der Waals surface area (Å²) in [5.74, 6) is -0.455. The smallest absolute Gasteiger partial charge is 0.324 e. The monoisotopic (exact) mass is 403 g/mol. The SMILES string of the molecule is O=C(CN1C(=O)N(C2CCCCC2)C(=O)C2CCCC21)Nc1cccc(Cl)c1. The zero-order valence-electron chi connectivity index (χ0n) is 15.9. The molecule has 2 atom stereocenters. The van der Waals surface area contributed by atoms with Crippen LogP contribution in [0.25, 0.3) is 0 Å². The number of halogens is 1. The van der Waals surface area contributed by atoms with E-state index in [2.05, 4.69) is 5.32 Å². The van der Waals surface area contributed by atoms with Crippen LogP contribution in [0.5, 0.6) is 0 Å². The van der Waals surface area contributed by atoms with Crippen molar-refractivity contribution in [2.24, 2.45) is 5.92 Å². The average Bonchev–Trinajstić information content (AvgIpc) is 3.16. The summed E-state index contributed by atoms with van der Waals surface area (Å²) in [7, 11) is 0. The zero-order valence-corrected chi connectivity index (χ0v) is 16.7. The standard InChI is InChI=1S/C21H26ClN3O3/c22-14-6-4-7-15(12-14)23-19(26)13-24-18-11-5-10-17(18)20(27)25(21(24)28)16-8-2-1-3-9-16/h4,6-7,12,16-18H,1-3,5,8-11,13H2,(H,23,26). The van der Waals surface area contributed by atoms with Gasteiger partial charge in [0.25, 0.3) is 0 Å². The lowest BCUT2D eigenvalue weighted by atomic mass is 9.90. The summed E-state index contributed by atoms with van der Waals surface area (Å²) in [6, 6.07) is 6.47. The first kappa shape index (κ1) is 19.2. The highest BCUT2D eigenvalue weighted by molar-refractivity contribution is 6.30. The van der Waals surface area contributed by atoms with Gasteiger partial charge in [0.1, 0.15) is 6.54 Å². The van der Waals surface area contributed by atoms with E-state index in [-0.39, 0.29) is 42.4 Å². The number of hydrogen-bond donors (Lipinski definition) is 1. The first-order valence-electron chi connectivity index (χ1n) is 10.2. The normalized spacial score (nSPS) is 25.8. The summed E-state index contributed by atoms with van der Waals surface area (Å²) in [5, 5.41) is 3.35. The first-order chi connectivity index (χ1) is 13.5. The van der Waals surface area contributed by atoms with Crippen LogP contribution >= 0.6 is 11.6 Å². The van der Waals surface area contributed by atoms with Crippen molar-refractivity contribution >= 4 is 35.1 Å². The fourth-order valence-electron chi connectivity index (χ4n) is 4.94. The third-order valence-electron chi connectivity index (χ3n) is 6.25. The third kappa shape index (κ3) is 3.75. The van der Waals surface area contributed by atoms with Gasteiger partial charge in [-0.3, -0.25) is 14.5 Å². The van der Waals surface area contributed by atoms with Crippen molar-refractivity contribution in [1.82, 2.24) is 9.80 Å². The molecule has 1 heterocycles. The molecule has 7 heteroatoms. The molecule has 3 aliphatic rings. The molecule has 2 aliphatic carbocycles. The number of fused-ring (bicyclic) bond motifs is 1. The van der Waals surface area contributed by atoms with E-state index in [0.717, 1.165) is 51.4 Å². The van der Waals surface area contributed by atoms with Gasteiger partial charge >= 0.3 is 6.03 Å². The Morgan fingerprint density at radius 3 is 2.61 bits per heavy atom. The molecule has 1 aromatic rings. The van der Waals surface area contributed by atoms with Gasteiger partial charge in [-0.25, -0.2) is 4.79 Å². The van der Waals surface area contributed by atoms with Gasteiger partial charge in [-0.15, -0.1) is 0 Å². The van der Waals surface area contributed by atoms with E-state index in [1.807, 2.05) is 0 Å². The summed E-state index contributed by atoms with van der Waals surface area (Å²) < 4.78 is 0. The molecule has 0 spiro atoms. The highest BCUT2D eigenvalue weighted by atomic mass is 35.5. The van der Waals surface area contributed by atoms with Crippen LogP contribution in [-0.2, 0) is 9.59 Å². The molecule has 6 nitrogen and oxygen atoms in total. The quantitative estimate of drug-likeness (QED) is 0.824. The molecular formula is C21H26ClN3O3. The Bertz CT molecular complexity index is 778. The van der Waals surface area contributed by atoms with Crippen molar-refractivity contribution in [3.05, 3.63) is 29.3 Å². The molecule has 150 valence electrons. The maximum Gasteiger partial charge on any atom is 0.327 e. The summed E-state index contributed by atoms with van der Waals surface area (Å²) in [6.45, 7) is -0.0387. The highest BCUT2D eigenvalue weighted by Crippen LogP contribution is 2.38. The van der Waals surface area contributed by atoms with Crippen LogP contribution in [0.4, 0.5) is 10.5 Å². The van der Waals surface area contributed by atoms with E-state index in [1.54, 1.807) is 29.2 Å². The number of carbonyl (C=O) groups is 3. The molecule has 0 aromatic heterocycles. The first-order valence-corrected chi connectivity index (χ1v) is 10.6. The average molecular weight is 404 g/mol. The Labute approximate surface area is 170 Å². The number of rotatable bonds is 4. The van der Waals surface area contributed by atoms with Crippen LogP contribution < -0.4 is 5.32 Å². The zero-order chi connectivity index (χ0) is 19.7. The maximum absolute atomic E-state index is 13.2. The van der Waals surface area contributed by atoms with Crippen molar-refractivity contribution < 1.29 is 14.4 Å². The lowest BCUT2D eigenvalue weighted by Gasteiger charge is -2.45. The van der Waals surface area contributed by atoms with Gasteiger partial charge in [0, 0.05) is 22.8 Å². The van der Waals surface area contributed by atoms with Crippen molar-refractivity contribution in [3.63, 3.8) is 0 Å². The van der Waals surface area contributed by atoms with E-state index in [0.29, 0.717) is 10.7 Å². The fraction of sp³-hybridized carbons (Fsp3) is 0.571. The largest absolute Gasteiger partial charge is 0.327 e. The Hall–Kier alpha value is -2.08. The van der Waals surface area contributed by atoms with Crippen LogP contribution in [0.2, 0.25) is 5.02 Å². The van der Waals surface area contributed by atoms with E-state index >= 15 is 0 Å². The Kier molecular flexibility index (Phi) is 5.58. The summed E-state index contributed by atoms with van der Waals surface area (Å²) in [4.78, 5) is 42.0. The second kappa shape index (κ2) is 8.11. The number of anilines is 1. The number of hydrogen-bond acceptors (Lipinski definition) is 3. The summed E-state index contributed by atoms with van der Waals surface area (Å²) in [6.07, 6.45) is 7.49. The van der Waals surface area contributed by atoms with Crippen LogP contribution in [-0.4, -0.2) is 46.3 Å². The van der Waals surface area contributed by atoms with E-state index in [1.165, 1.54) is 4.90 Å². The van der Waals surface area contributed by atoms with Crippen molar-refractivity contribution in [3.8, 4) is 0 Å². The Morgan fingerprint density at radius 2 is 1.86 bits per heavy atom. The van der Waals surface area contributed by atoms with Crippen molar-refractivity contribution in [1.29, 1.82) is 0 Å². The van der Waals surface area contributed by atoms with Gasteiger partial charge in [-0.05, 0) is 43.9 Å². The second-order valence-corrected chi connectivity index (χ2v) is 8.51. The van der Waals surface area contributed by atoms with Gasteiger partial charge in [0.05, 0.1) is 5.92 Å². The molecule has 28 heavy (non-hydrogen) atoms. The number of amides is 4. The molecule has 1 aromatic carbocycles. The predicted octanol–water partition coefficient (Wildman–Crippen LogP) is 4.04. The second-order valence-electron chi connectivity index (χ2n) is 8.07. The van der Waals surface area contributed by atoms with Crippen LogP contribution in [0.3, 0.4) is 0 Å². The highest BCUT2D eigenvalue weighted by Gasteiger charge is 2.50. The Morgan fingerprint density at radius 1 is 1.07 bits per heavy atom. The molecule has 4 rings (SSSR count). The molecule has 1 N–H and O–H groups in total. The number of benzene rings is 1. The van der Waals surface area contributed by atoms with E-state index in [4.69, 9.17) is 11.6 Å². The lowest BCUT2D eigenvalue weighted by Crippen LogP contribution is -2.64. The molecule has 1 aliphatic heterocycles. The summed E-state index contributed by atoms with van der Waals surface area (Å²) in [5.41, 5.74) is 0.602.